The summed E-state index contributed by atoms with van der Waals surface area (Å²) in [5, 5.41) is 3.60. The molecule has 2 aromatic carbocycles. The van der Waals surface area contributed by atoms with Crippen LogP contribution in [0.3, 0.4) is 0 Å². The third-order valence-electron chi connectivity index (χ3n) is 4.65. The van der Waals surface area contributed by atoms with Crippen molar-refractivity contribution in [2.45, 2.75) is 46.2 Å². The van der Waals surface area contributed by atoms with E-state index in [1.807, 2.05) is 42.5 Å². The van der Waals surface area contributed by atoms with Gasteiger partial charge in [-0.2, -0.15) is 0 Å². The first-order valence-corrected chi connectivity index (χ1v) is 10.1. The molecule has 0 aliphatic carbocycles. The van der Waals surface area contributed by atoms with Crippen LogP contribution in [0.15, 0.2) is 54.6 Å². The first-order valence-electron chi connectivity index (χ1n) is 9.72. The van der Waals surface area contributed by atoms with E-state index in [1.54, 1.807) is 24.0 Å². The Kier molecular flexibility index (Phi) is 8.52. The lowest BCUT2D eigenvalue weighted by atomic mass is 10.1. The van der Waals surface area contributed by atoms with E-state index >= 15 is 0 Å². The van der Waals surface area contributed by atoms with Crippen LogP contribution in [0.5, 0.6) is 0 Å². The number of carbonyl (C=O) groups excluding carboxylic acids is 2. The molecule has 5 heteroatoms. The van der Waals surface area contributed by atoms with Gasteiger partial charge >= 0.3 is 0 Å². The normalized spacial score (nSPS) is 11.9. The fraction of sp³-hybridized carbons (Fsp3) is 0.391. The number of hydrogen-bond acceptors (Lipinski definition) is 2. The van der Waals surface area contributed by atoms with Gasteiger partial charge in [-0.25, -0.2) is 0 Å². The van der Waals surface area contributed by atoms with Gasteiger partial charge in [0.05, 0.1) is 6.42 Å². The van der Waals surface area contributed by atoms with E-state index in [2.05, 4.69) is 19.2 Å². The van der Waals surface area contributed by atoms with Gasteiger partial charge in [0.25, 0.3) is 0 Å². The summed E-state index contributed by atoms with van der Waals surface area (Å²) in [5.74, 6) is 0.309. The van der Waals surface area contributed by atoms with Crippen LogP contribution in [-0.4, -0.2) is 29.3 Å². The van der Waals surface area contributed by atoms with Gasteiger partial charge in [-0.15, -0.1) is 0 Å². The molecule has 0 saturated carbocycles. The maximum absolute atomic E-state index is 13.0. The Morgan fingerprint density at radius 2 is 1.61 bits per heavy atom. The average Bonchev–Trinajstić information content (AvgIpc) is 2.67. The van der Waals surface area contributed by atoms with E-state index in [1.165, 1.54) is 0 Å². The van der Waals surface area contributed by atoms with Crippen molar-refractivity contribution in [1.82, 2.24) is 10.2 Å². The summed E-state index contributed by atoms with van der Waals surface area (Å²) in [6, 6.07) is 16.4. The van der Waals surface area contributed by atoms with E-state index < -0.39 is 6.04 Å². The molecule has 0 aromatic heterocycles. The van der Waals surface area contributed by atoms with E-state index in [-0.39, 0.29) is 18.2 Å². The molecule has 0 aliphatic heterocycles. The molecular weight excluding hydrogens is 372 g/mol. The van der Waals surface area contributed by atoms with Crippen molar-refractivity contribution in [2.75, 3.05) is 6.54 Å². The van der Waals surface area contributed by atoms with Crippen LogP contribution >= 0.6 is 11.6 Å². The Balaban J connectivity index is 2.13. The highest BCUT2D eigenvalue weighted by Crippen LogP contribution is 2.15. The fourth-order valence-corrected chi connectivity index (χ4v) is 3.00. The zero-order valence-electron chi connectivity index (χ0n) is 16.8. The summed E-state index contributed by atoms with van der Waals surface area (Å²) in [6.45, 7) is 6.99. The molecular formula is C23H29ClN2O2. The summed E-state index contributed by atoms with van der Waals surface area (Å²) in [5.41, 5.74) is 1.87. The molecule has 2 amide bonds. The van der Waals surface area contributed by atoms with Crippen molar-refractivity contribution in [3.05, 3.63) is 70.7 Å². The van der Waals surface area contributed by atoms with E-state index in [4.69, 9.17) is 11.6 Å². The van der Waals surface area contributed by atoms with Crippen LogP contribution in [-0.2, 0) is 22.6 Å². The minimum absolute atomic E-state index is 0.0762. The van der Waals surface area contributed by atoms with Crippen LogP contribution in [0.2, 0.25) is 5.02 Å². The zero-order valence-corrected chi connectivity index (χ0v) is 17.6. The zero-order chi connectivity index (χ0) is 20.5. The van der Waals surface area contributed by atoms with Gasteiger partial charge in [-0.1, -0.05) is 67.9 Å². The molecule has 2 rings (SSSR count). The second-order valence-corrected chi connectivity index (χ2v) is 7.90. The number of halogens is 1. The molecule has 0 fully saturated rings. The van der Waals surface area contributed by atoms with Gasteiger partial charge in [0, 0.05) is 18.1 Å². The topological polar surface area (TPSA) is 49.4 Å². The summed E-state index contributed by atoms with van der Waals surface area (Å²) in [4.78, 5) is 27.3. The van der Waals surface area contributed by atoms with Crippen molar-refractivity contribution < 1.29 is 9.59 Å². The smallest absolute Gasteiger partial charge is 0.242 e. The lowest BCUT2D eigenvalue weighted by molar-refractivity contribution is -0.140. The number of carbonyl (C=O) groups is 2. The Hall–Kier alpha value is -2.33. The molecule has 150 valence electrons. The first kappa shape index (κ1) is 22.0. The Morgan fingerprint density at radius 3 is 2.21 bits per heavy atom. The number of amides is 2. The molecule has 4 nitrogen and oxygen atoms in total. The number of rotatable bonds is 9. The standard InChI is InChI=1S/C23H29ClN2O2/c1-17(2)13-14-25-23(28)18(3)26(16-20-9-11-21(24)12-10-20)22(27)15-19-7-5-4-6-8-19/h4-12,17-18H,13-16H2,1-3H3,(H,25,28). The monoisotopic (exact) mass is 400 g/mol. The second-order valence-electron chi connectivity index (χ2n) is 7.46. The van der Waals surface area contributed by atoms with E-state index in [9.17, 15) is 9.59 Å². The van der Waals surface area contributed by atoms with Gasteiger partial charge in [-0.3, -0.25) is 9.59 Å². The third kappa shape index (κ3) is 7.01. The van der Waals surface area contributed by atoms with Crippen LogP contribution in [0.1, 0.15) is 38.3 Å². The molecule has 0 radical (unpaired) electrons. The minimum atomic E-state index is -0.556. The lowest BCUT2D eigenvalue weighted by Gasteiger charge is -2.29. The highest BCUT2D eigenvalue weighted by Gasteiger charge is 2.26. The van der Waals surface area contributed by atoms with Gasteiger partial charge in [0.2, 0.25) is 11.8 Å². The average molecular weight is 401 g/mol. The maximum Gasteiger partial charge on any atom is 0.242 e. The number of nitrogens with zero attached hydrogens (tertiary/aromatic N) is 1. The SMILES string of the molecule is CC(C)CCNC(=O)C(C)N(Cc1ccc(Cl)cc1)C(=O)Cc1ccccc1. The highest BCUT2D eigenvalue weighted by atomic mass is 35.5. The molecule has 28 heavy (non-hydrogen) atoms. The molecule has 0 bridgehead atoms. The minimum Gasteiger partial charge on any atom is -0.354 e. The van der Waals surface area contributed by atoms with Crippen molar-refractivity contribution in [2.24, 2.45) is 5.92 Å². The van der Waals surface area contributed by atoms with Crippen molar-refractivity contribution in [3.63, 3.8) is 0 Å². The van der Waals surface area contributed by atoms with Crippen LogP contribution < -0.4 is 5.32 Å². The molecule has 1 unspecified atom stereocenters. The quantitative estimate of drug-likeness (QED) is 0.675. The van der Waals surface area contributed by atoms with Crippen molar-refractivity contribution in [3.8, 4) is 0 Å². The van der Waals surface area contributed by atoms with E-state index in [0.29, 0.717) is 24.0 Å². The third-order valence-corrected chi connectivity index (χ3v) is 4.90. The summed E-state index contributed by atoms with van der Waals surface area (Å²) in [7, 11) is 0. The summed E-state index contributed by atoms with van der Waals surface area (Å²) < 4.78 is 0. The van der Waals surface area contributed by atoms with Crippen LogP contribution in [0.25, 0.3) is 0 Å². The molecule has 0 spiro atoms. The lowest BCUT2D eigenvalue weighted by Crippen LogP contribution is -2.48. The van der Waals surface area contributed by atoms with Crippen LogP contribution in [0, 0.1) is 5.92 Å². The Bertz CT molecular complexity index is 760. The Morgan fingerprint density at radius 1 is 0.964 bits per heavy atom. The molecule has 2 aromatic rings. The maximum atomic E-state index is 13.0. The predicted octanol–water partition coefficient (Wildman–Crippen LogP) is 4.46. The number of benzene rings is 2. The largest absolute Gasteiger partial charge is 0.354 e. The van der Waals surface area contributed by atoms with Crippen LogP contribution in [0.4, 0.5) is 0 Å². The fourth-order valence-electron chi connectivity index (χ4n) is 2.87. The number of nitrogens with one attached hydrogen (secondary N) is 1. The highest BCUT2D eigenvalue weighted by molar-refractivity contribution is 6.30. The molecule has 1 atom stereocenters. The summed E-state index contributed by atoms with van der Waals surface area (Å²) in [6.07, 6.45) is 1.17. The molecule has 0 heterocycles. The molecule has 0 saturated heterocycles. The van der Waals surface area contributed by atoms with E-state index in [0.717, 1.165) is 17.5 Å². The Labute approximate surface area is 172 Å². The van der Waals surface area contributed by atoms with Crippen molar-refractivity contribution >= 4 is 23.4 Å². The first-order chi connectivity index (χ1) is 13.4. The van der Waals surface area contributed by atoms with Gasteiger partial charge in [0.15, 0.2) is 0 Å². The van der Waals surface area contributed by atoms with Gasteiger partial charge in [0.1, 0.15) is 6.04 Å². The summed E-state index contributed by atoms with van der Waals surface area (Å²) >= 11 is 5.97. The number of hydrogen-bond donors (Lipinski definition) is 1. The van der Waals surface area contributed by atoms with Gasteiger partial charge in [-0.05, 0) is 42.5 Å². The predicted molar refractivity (Wildman–Crippen MR) is 114 cm³/mol. The molecule has 0 aliphatic rings. The van der Waals surface area contributed by atoms with Gasteiger partial charge < -0.3 is 10.2 Å². The second kappa shape index (κ2) is 10.9. The molecule has 1 N–H and O–H groups in total. The van der Waals surface area contributed by atoms with Crippen molar-refractivity contribution in [1.29, 1.82) is 0 Å².